The highest BCUT2D eigenvalue weighted by Crippen LogP contribution is 2.12. The molecule has 0 bridgehead atoms. The number of amides is 1. The van der Waals surface area contributed by atoms with Crippen molar-refractivity contribution in [3.05, 3.63) is 63.9 Å². The number of pyridine rings is 1. The highest BCUT2D eigenvalue weighted by molar-refractivity contribution is 9.10. The Morgan fingerprint density at radius 1 is 1.27 bits per heavy atom. The highest BCUT2D eigenvalue weighted by atomic mass is 79.9. The molecule has 0 saturated carbocycles. The van der Waals surface area contributed by atoms with Gasteiger partial charge in [-0.3, -0.25) is 9.78 Å². The van der Waals surface area contributed by atoms with Crippen LogP contribution in [0.25, 0.3) is 0 Å². The summed E-state index contributed by atoms with van der Waals surface area (Å²) >= 11 is 3.31. The highest BCUT2D eigenvalue weighted by Gasteiger charge is 2.08. The van der Waals surface area contributed by atoms with Gasteiger partial charge in [0.05, 0.1) is 18.3 Å². The molecule has 1 N–H and O–H groups in total. The largest absolute Gasteiger partial charge is 0.374 e. The van der Waals surface area contributed by atoms with Crippen LogP contribution in [-0.2, 0) is 17.9 Å². The Balaban J connectivity index is 2.00. The molecule has 2 rings (SSSR count). The first-order valence-corrected chi connectivity index (χ1v) is 7.92. The van der Waals surface area contributed by atoms with E-state index in [1.165, 1.54) is 0 Å². The van der Waals surface area contributed by atoms with Crippen LogP contribution in [0.5, 0.6) is 0 Å². The maximum Gasteiger partial charge on any atom is 0.253 e. The lowest BCUT2D eigenvalue weighted by atomic mass is 10.1. The summed E-state index contributed by atoms with van der Waals surface area (Å²) < 4.78 is 6.43. The van der Waals surface area contributed by atoms with Gasteiger partial charge in [0.15, 0.2) is 0 Å². The number of benzene rings is 1. The van der Waals surface area contributed by atoms with Gasteiger partial charge in [0.25, 0.3) is 5.91 Å². The van der Waals surface area contributed by atoms with E-state index < -0.39 is 0 Å². The molecule has 0 fully saturated rings. The van der Waals surface area contributed by atoms with Crippen LogP contribution in [0.4, 0.5) is 0 Å². The van der Waals surface area contributed by atoms with E-state index in [0.29, 0.717) is 18.7 Å². The molecule has 1 aromatic heterocycles. The molecule has 1 aromatic carbocycles. The Kier molecular flexibility index (Phi) is 6.10. The summed E-state index contributed by atoms with van der Waals surface area (Å²) in [5.74, 6) is -0.145. The molecule has 0 aliphatic carbocycles. The van der Waals surface area contributed by atoms with Crippen molar-refractivity contribution in [2.45, 2.75) is 33.1 Å². The van der Waals surface area contributed by atoms with Crippen molar-refractivity contribution in [3.63, 3.8) is 0 Å². The maximum absolute atomic E-state index is 12.1. The fourth-order valence-electron chi connectivity index (χ4n) is 1.94. The smallest absolute Gasteiger partial charge is 0.253 e. The predicted molar refractivity (Wildman–Crippen MR) is 89.5 cm³/mol. The third-order valence-corrected chi connectivity index (χ3v) is 3.53. The van der Waals surface area contributed by atoms with Crippen LogP contribution in [0.15, 0.2) is 47.2 Å². The summed E-state index contributed by atoms with van der Waals surface area (Å²) in [7, 11) is 0. The van der Waals surface area contributed by atoms with Crippen LogP contribution in [0.3, 0.4) is 0 Å². The minimum Gasteiger partial charge on any atom is -0.374 e. The van der Waals surface area contributed by atoms with Gasteiger partial charge >= 0.3 is 0 Å². The number of rotatable bonds is 6. The minimum absolute atomic E-state index is 0.145. The molecule has 0 radical (unpaired) electrons. The molecular weight excluding hydrogens is 344 g/mol. The van der Waals surface area contributed by atoms with Crippen molar-refractivity contribution in [1.29, 1.82) is 0 Å². The quantitative estimate of drug-likeness (QED) is 0.852. The first kappa shape index (κ1) is 16.6. The van der Waals surface area contributed by atoms with Gasteiger partial charge in [-0.15, -0.1) is 0 Å². The number of carbonyl (C=O) groups excluding carboxylic acids is 1. The molecule has 0 aliphatic heterocycles. The molecule has 4 nitrogen and oxygen atoms in total. The monoisotopic (exact) mass is 362 g/mol. The molecule has 116 valence electrons. The van der Waals surface area contributed by atoms with Crippen LogP contribution in [0, 0.1) is 0 Å². The van der Waals surface area contributed by atoms with E-state index in [1.54, 1.807) is 18.5 Å². The van der Waals surface area contributed by atoms with Gasteiger partial charge in [0.1, 0.15) is 0 Å². The van der Waals surface area contributed by atoms with Crippen molar-refractivity contribution in [1.82, 2.24) is 10.3 Å². The number of hydrogen-bond acceptors (Lipinski definition) is 3. The van der Waals surface area contributed by atoms with Gasteiger partial charge < -0.3 is 10.1 Å². The summed E-state index contributed by atoms with van der Waals surface area (Å²) in [6, 6.07) is 9.70. The van der Waals surface area contributed by atoms with Gasteiger partial charge in [-0.1, -0.05) is 24.3 Å². The Labute approximate surface area is 139 Å². The zero-order valence-electron chi connectivity index (χ0n) is 12.7. The van der Waals surface area contributed by atoms with Crippen molar-refractivity contribution >= 4 is 21.8 Å². The lowest BCUT2D eigenvalue weighted by Crippen LogP contribution is -2.23. The lowest BCUT2D eigenvalue weighted by molar-refractivity contribution is 0.0651. The zero-order valence-corrected chi connectivity index (χ0v) is 14.3. The zero-order chi connectivity index (χ0) is 15.9. The van der Waals surface area contributed by atoms with E-state index >= 15 is 0 Å². The number of carbonyl (C=O) groups is 1. The first-order chi connectivity index (χ1) is 10.6. The van der Waals surface area contributed by atoms with E-state index in [-0.39, 0.29) is 12.0 Å². The summed E-state index contributed by atoms with van der Waals surface area (Å²) in [4.78, 5) is 16.1. The number of hydrogen-bond donors (Lipinski definition) is 1. The van der Waals surface area contributed by atoms with Gasteiger partial charge in [-0.2, -0.15) is 0 Å². The Bertz CT molecular complexity index is 644. The van der Waals surface area contributed by atoms with Gasteiger partial charge in [0.2, 0.25) is 0 Å². The molecule has 2 aromatic rings. The second-order valence-corrected chi connectivity index (χ2v) is 6.12. The second-order valence-electron chi connectivity index (χ2n) is 5.20. The van der Waals surface area contributed by atoms with E-state index in [2.05, 4.69) is 26.2 Å². The van der Waals surface area contributed by atoms with Crippen LogP contribution >= 0.6 is 15.9 Å². The van der Waals surface area contributed by atoms with Gasteiger partial charge in [0, 0.05) is 23.4 Å². The molecule has 0 unspecified atom stereocenters. The number of nitrogens with one attached hydrogen (secondary N) is 1. The molecule has 0 spiro atoms. The van der Waals surface area contributed by atoms with Crippen LogP contribution < -0.4 is 5.32 Å². The van der Waals surface area contributed by atoms with Crippen LogP contribution in [-0.4, -0.2) is 17.0 Å². The van der Waals surface area contributed by atoms with Crippen molar-refractivity contribution < 1.29 is 9.53 Å². The summed E-state index contributed by atoms with van der Waals surface area (Å²) in [5, 5.41) is 2.92. The molecule has 22 heavy (non-hydrogen) atoms. The van der Waals surface area contributed by atoms with E-state index in [4.69, 9.17) is 4.74 Å². The number of ether oxygens (including phenoxy) is 1. The van der Waals surface area contributed by atoms with Crippen molar-refractivity contribution in [3.8, 4) is 0 Å². The van der Waals surface area contributed by atoms with Crippen molar-refractivity contribution in [2.24, 2.45) is 0 Å². The summed E-state index contributed by atoms with van der Waals surface area (Å²) in [5.41, 5.74) is 2.67. The van der Waals surface area contributed by atoms with Crippen LogP contribution in [0.1, 0.15) is 35.3 Å². The van der Waals surface area contributed by atoms with Gasteiger partial charge in [-0.25, -0.2) is 0 Å². The third-order valence-electron chi connectivity index (χ3n) is 3.10. The number of aromatic nitrogens is 1. The maximum atomic E-state index is 12.1. The Morgan fingerprint density at radius 2 is 2.00 bits per heavy atom. The molecule has 1 heterocycles. The van der Waals surface area contributed by atoms with Crippen molar-refractivity contribution in [2.75, 3.05) is 0 Å². The molecule has 0 saturated heterocycles. The standard InChI is InChI=1S/C17H19BrN2O2/c1-12(2)22-11-14-6-4-3-5-13(14)9-20-17(21)15-7-16(18)10-19-8-15/h3-8,10,12H,9,11H2,1-2H3,(H,20,21). The third kappa shape index (κ3) is 4.93. The number of nitrogens with zero attached hydrogens (tertiary/aromatic N) is 1. The summed E-state index contributed by atoms with van der Waals surface area (Å²) in [6.07, 6.45) is 3.37. The molecule has 1 amide bonds. The van der Waals surface area contributed by atoms with E-state index in [0.717, 1.165) is 15.6 Å². The summed E-state index contributed by atoms with van der Waals surface area (Å²) in [6.45, 7) is 5.01. The predicted octanol–water partition coefficient (Wildman–Crippen LogP) is 3.70. The van der Waals surface area contributed by atoms with Gasteiger partial charge in [-0.05, 0) is 47.0 Å². The normalized spacial score (nSPS) is 10.7. The fourth-order valence-corrected chi connectivity index (χ4v) is 2.31. The number of halogens is 1. The molecule has 0 atom stereocenters. The topological polar surface area (TPSA) is 51.2 Å². The van der Waals surface area contributed by atoms with E-state index in [9.17, 15) is 4.79 Å². The Morgan fingerprint density at radius 3 is 2.68 bits per heavy atom. The lowest BCUT2D eigenvalue weighted by Gasteiger charge is -2.13. The second kappa shape index (κ2) is 8.06. The first-order valence-electron chi connectivity index (χ1n) is 7.13. The van der Waals surface area contributed by atoms with Crippen LogP contribution in [0.2, 0.25) is 0 Å². The minimum atomic E-state index is -0.145. The van der Waals surface area contributed by atoms with E-state index in [1.807, 2.05) is 38.1 Å². The average Bonchev–Trinajstić information content (AvgIpc) is 2.51. The molecule has 5 heteroatoms. The SMILES string of the molecule is CC(C)OCc1ccccc1CNC(=O)c1cncc(Br)c1. The average molecular weight is 363 g/mol. The molecular formula is C17H19BrN2O2. The Hall–Kier alpha value is -1.72. The molecule has 0 aliphatic rings. The fraction of sp³-hybridized carbons (Fsp3) is 0.294.